The Bertz CT molecular complexity index is 1510. The number of likely N-dealkylation sites (N-methyl/N-ethyl adjacent to an activating group) is 1. The van der Waals surface area contributed by atoms with E-state index in [1.54, 1.807) is 7.05 Å². The molecule has 0 heterocycles. The highest BCUT2D eigenvalue weighted by atomic mass is 32.3. The Balaban J connectivity index is 0. The molecule has 0 atom stereocenters. The maximum absolute atomic E-state index is 12.3. The van der Waals surface area contributed by atoms with E-state index < -0.39 is 69.9 Å². The van der Waals surface area contributed by atoms with Gasteiger partial charge in [0, 0.05) is 18.1 Å². The van der Waals surface area contributed by atoms with Crippen molar-refractivity contribution < 1.29 is 112 Å². The van der Waals surface area contributed by atoms with Crippen LogP contribution in [0.3, 0.4) is 0 Å². The number of ether oxygens (including phenoxy) is 9. The van der Waals surface area contributed by atoms with Crippen LogP contribution in [0.4, 0.5) is 0 Å². The van der Waals surface area contributed by atoms with E-state index in [9.17, 15) is 60.9 Å². The average molecular weight is 914 g/mol. The molecule has 62 heavy (non-hydrogen) atoms. The maximum atomic E-state index is 12.3. The monoisotopic (exact) mass is 913 g/mol. The van der Waals surface area contributed by atoms with Crippen LogP contribution in [0.25, 0.3) is 0 Å². The number of carbonyl (C=O) groups is 10. The van der Waals surface area contributed by atoms with Crippen LogP contribution in [0.15, 0.2) is 24.3 Å². The van der Waals surface area contributed by atoms with E-state index in [2.05, 4.69) is 22.1 Å². The normalized spacial score (nSPS) is 10.6. The first-order valence-electron chi connectivity index (χ1n) is 18.5. The van der Waals surface area contributed by atoms with Gasteiger partial charge in [0.1, 0.15) is 79.1 Å². The molecule has 24 nitrogen and oxygen atoms in total. The molecule has 0 N–H and O–H groups in total. The molecule has 25 heteroatoms. The third kappa shape index (κ3) is 35.0. The molecule has 0 aromatic heterocycles. The predicted octanol–water partition coefficient (Wildman–Crippen LogP) is -0.503. The molecule has 0 bridgehead atoms. The van der Waals surface area contributed by atoms with Crippen LogP contribution in [-0.2, 0) is 105 Å². The van der Waals surface area contributed by atoms with Gasteiger partial charge in [-0.3, -0.25) is 37.7 Å². The minimum Gasteiger partial charge on any atom is -0.726 e. The Morgan fingerprint density at radius 1 is 0.435 bits per heavy atom. The molecule has 352 valence electrons. The molecule has 0 aliphatic carbocycles. The fourth-order valence-corrected chi connectivity index (χ4v) is 3.74. The first kappa shape index (κ1) is 58.3. The van der Waals surface area contributed by atoms with Gasteiger partial charge in [-0.2, -0.15) is 0 Å². The van der Waals surface area contributed by atoms with E-state index in [-0.39, 0.29) is 133 Å². The van der Waals surface area contributed by atoms with Crippen LogP contribution in [0.1, 0.15) is 59.3 Å². The molecular weight excluding hydrogens is 858 g/mol. The standard InChI is InChI=1S/C36H52NO19.CH4O4S/c1-25(2)34(45)54-22-19-51-31(42)10-7-28(39)48-16-13-37(6,14-17-49-29(40)8-11-32(43)52-20-23-55-35(46)26(3)4)15-18-50-30(41)9-12-33(44)53-21-24-56-36(47)27(5)38;1-5-6(2,3)4/h1,3,7-24H2,2,4-6H3;1H3,(H,2,3,4)/q+1;/p-1. The Morgan fingerprint density at radius 3 is 0.855 bits per heavy atom. The third-order valence-corrected chi connectivity index (χ3v) is 7.62. The summed E-state index contributed by atoms with van der Waals surface area (Å²) in [5.41, 5.74) is 0.375. The van der Waals surface area contributed by atoms with Gasteiger partial charge in [0.2, 0.25) is 16.2 Å². The zero-order valence-corrected chi connectivity index (χ0v) is 36.2. The van der Waals surface area contributed by atoms with Crippen LogP contribution >= 0.6 is 0 Å². The Labute approximate surface area is 358 Å². The Morgan fingerprint density at radius 2 is 0.645 bits per heavy atom. The van der Waals surface area contributed by atoms with Crippen molar-refractivity contribution >= 4 is 69.9 Å². The predicted molar refractivity (Wildman–Crippen MR) is 204 cm³/mol. The van der Waals surface area contributed by atoms with E-state index in [0.717, 1.165) is 14.0 Å². The Hall–Kier alpha value is -5.79. The van der Waals surface area contributed by atoms with Crippen molar-refractivity contribution in [1.82, 2.24) is 0 Å². The second-order valence-electron chi connectivity index (χ2n) is 12.7. The van der Waals surface area contributed by atoms with Gasteiger partial charge in [-0.1, -0.05) is 13.2 Å². The molecule has 0 aromatic rings. The van der Waals surface area contributed by atoms with E-state index >= 15 is 0 Å². The fraction of sp³-hybridized carbons (Fsp3) is 0.622. The average Bonchev–Trinajstić information content (AvgIpc) is 3.19. The lowest BCUT2D eigenvalue weighted by molar-refractivity contribution is -0.910. The first-order valence-corrected chi connectivity index (χ1v) is 19.9. The number of quaternary nitrogens is 1. The topological polar surface area (TPSA) is 320 Å². The summed E-state index contributed by atoms with van der Waals surface area (Å²) in [6.07, 6.45) is -1.82. The highest BCUT2D eigenvalue weighted by molar-refractivity contribution is 7.80. The lowest BCUT2D eigenvalue weighted by atomic mass is 10.3. The minimum absolute atomic E-state index is 0.0603. The fourth-order valence-electron chi connectivity index (χ4n) is 3.74. The number of esters is 9. The van der Waals surface area contributed by atoms with E-state index in [0.29, 0.717) is 0 Å². The number of hydrogen-bond donors (Lipinski definition) is 0. The van der Waals surface area contributed by atoms with Gasteiger partial charge in [0.25, 0.3) is 0 Å². The summed E-state index contributed by atoms with van der Waals surface area (Å²) in [5.74, 6) is -7.46. The van der Waals surface area contributed by atoms with Crippen molar-refractivity contribution in [3.8, 4) is 0 Å². The van der Waals surface area contributed by atoms with Crippen molar-refractivity contribution in [2.24, 2.45) is 0 Å². The van der Waals surface area contributed by atoms with E-state index in [4.69, 9.17) is 37.9 Å². The molecule has 0 radical (unpaired) electrons. The van der Waals surface area contributed by atoms with Crippen LogP contribution in [0, 0.1) is 0 Å². The van der Waals surface area contributed by atoms with Gasteiger partial charge >= 0.3 is 53.7 Å². The zero-order chi connectivity index (χ0) is 47.7. The second kappa shape index (κ2) is 32.9. The Kier molecular flexibility index (Phi) is 31.0. The molecule has 0 rings (SSSR count). The summed E-state index contributed by atoms with van der Waals surface area (Å²) in [6, 6.07) is 0. The van der Waals surface area contributed by atoms with Crippen LogP contribution in [0.2, 0.25) is 0 Å². The highest BCUT2D eigenvalue weighted by Gasteiger charge is 2.24. The number of carbonyl (C=O) groups excluding carboxylic acids is 10. The van der Waals surface area contributed by atoms with Crippen molar-refractivity contribution in [1.29, 1.82) is 0 Å². The van der Waals surface area contributed by atoms with Gasteiger partial charge < -0.3 is 51.7 Å². The van der Waals surface area contributed by atoms with Crippen molar-refractivity contribution in [3.05, 3.63) is 24.3 Å². The van der Waals surface area contributed by atoms with Gasteiger partial charge in [0.05, 0.1) is 52.7 Å². The molecule has 0 aliphatic heterocycles. The molecule has 0 amide bonds. The van der Waals surface area contributed by atoms with E-state index in [1.165, 1.54) is 13.8 Å². The summed E-state index contributed by atoms with van der Waals surface area (Å²) in [6.45, 7) is 9.44. The third-order valence-electron chi connectivity index (χ3n) is 7.21. The lowest BCUT2D eigenvalue weighted by Crippen LogP contribution is -2.51. The molecule has 0 aliphatic rings. The van der Waals surface area contributed by atoms with Crippen molar-refractivity contribution in [3.63, 3.8) is 0 Å². The van der Waals surface area contributed by atoms with Gasteiger partial charge in [0.15, 0.2) is 0 Å². The number of Topliss-reactive ketones (excluding diaryl/α,β-unsaturated/α-hetero) is 1. The van der Waals surface area contributed by atoms with E-state index in [1.807, 2.05) is 0 Å². The first-order chi connectivity index (χ1) is 28.9. The lowest BCUT2D eigenvalue weighted by Gasteiger charge is -2.33. The summed E-state index contributed by atoms with van der Waals surface area (Å²) in [4.78, 5) is 117. The SMILES string of the molecule is C=C(C)C(=O)OCCOC(=O)CCC(=O)OCC[N+](C)(CCOC(=O)CCC(=O)OCCOC(=O)C(=C)C)CCOC(=O)CCC(=O)OCCOC(=O)C(C)=O.COS(=O)(=O)[O-]. The second-order valence-corrected chi connectivity index (χ2v) is 13.9. The van der Waals surface area contributed by atoms with Gasteiger partial charge in [-0.25, -0.2) is 22.8 Å². The summed E-state index contributed by atoms with van der Waals surface area (Å²) in [7, 11) is -1.89. The molecule has 0 aromatic carbocycles. The quantitative estimate of drug-likeness (QED) is 0.0124. The summed E-state index contributed by atoms with van der Waals surface area (Å²) in [5, 5.41) is 0. The number of rotatable bonds is 31. The van der Waals surface area contributed by atoms with Crippen molar-refractivity contribution in [2.45, 2.75) is 59.3 Å². The summed E-state index contributed by atoms with van der Waals surface area (Å²) >= 11 is 0. The van der Waals surface area contributed by atoms with Crippen LogP contribution in [0.5, 0.6) is 0 Å². The zero-order valence-electron chi connectivity index (χ0n) is 35.4. The highest BCUT2D eigenvalue weighted by Crippen LogP contribution is 2.07. The van der Waals surface area contributed by atoms with Gasteiger partial charge in [-0.15, -0.1) is 0 Å². The molecule has 0 spiro atoms. The smallest absolute Gasteiger partial charge is 0.374 e. The molecule has 0 fully saturated rings. The minimum atomic E-state index is -4.41. The molecule has 0 saturated heterocycles. The molecule has 0 unspecified atom stereocenters. The van der Waals surface area contributed by atoms with Crippen LogP contribution < -0.4 is 0 Å². The number of nitrogens with zero attached hydrogens (tertiary/aromatic N) is 1. The number of ketones is 1. The molecular formula is C37H55NO23S. The largest absolute Gasteiger partial charge is 0.726 e. The number of hydrogen-bond acceptors (Lipinski definition) is 23. The van der Waals surface area contributed by atoms with Crippen LogP contribution in [-0.4, -0.2) is 170 Å². The van der Waals surface area contributed by atoms with Gasteiger partial charge in [-0.05, 0) is 13.8 Å². The van der Waals surface area contributed by atoms with Crippen molar-refractivity contribution in [2.75, 3.05) is 93.3 Å². The summed E-state index contributed by atoms with van der Waals surface area (Å²) < 4.78 is 75.6. The maximum Gasteiger partial charge on any atom is 0.374 e. The molecule has 0 saturated carbocycles.